The van der Waals surface area contributed by atoms with E-state index in [4.69, 9.17) is 0 Å². The van der Waals surface area contributed by atoms with Crippen molar-refractivity contribution >= 4 is 24.2 Å². The Labute approximate surface area is 183 Å². The van der Waals surface area contributed by atoms with Gasteiger partial charge in [0.25, 0.3) is 0 Å². The van der Waals surface area contributed by atoms with Crippen molar-refractivity contribution in [3.8, 4) is 0 Å². The molecule has 0 saturated carbocycles. The number of hydrogen-bond donors (Lipinski definition) is 2. The fourth-order valence-corrected chi connectivity index (χ4v) is 6.16. The molecule has 0 spiro atoms. The van der Waals surface area contributed by atoms with Crippen LogP contribution in [-0.2, 0) is 35.7 Å². The number of aryl methyl sites for hydroxylation is 1. The molecule has 5 heterocycles. The second-order valence-corrected chi connectivity index (χ2v) is 8.98. The Morgan fingerprint density at radius 1 is 1.27 bits per heavy atom. The molecule has 2 bridgehead atoms. The maximum Gasteiger partial charge on any atom is 0.246 e. The lowest BCUT2D eigenvalue weighted by Crippen LogP contribution is -2.68. The van der Waals surface area contributed by atoms with Crippen LogP contribution in [0.3, 0.4) is 0 Å². The number of carbonyl (C=O) groups excluding carboxylic acids is 2. The first-order valence-corrected chi connectivity index (χ1v) is 11.1. The van der Waals surface area contributed by atoms with Crippen molar-refractivity contribution in [2.75, 3.05) is 19.6 Å². The maximum atomic E-state index is 13.8. The summed E-state index contributed by atoms with van der Waals surface area (Å²) in [6, 6.07) is -0.150. The number of aliphatic hydroxyl groups excluding tert-OH is 1. The fraction of sp³-hybridized carbons (Fsp3) is 0.762. The van der Waals surface area contributed by atoms with Crippen LogP contribution in [0.4, 0.5) is 0 Å². The molecule has 4 aliphatic heterocycles. The van der Waals surface area contributed by atoms with E-state index in [1.807, 2.05) is 21.4 Å². The van der Waals surface area contributed by atoms with Gasteiger partial charge < -0.3 is 20.2 Å². The minimum Gasteiger partial charge on any atom is -0.390 e. The molecule has 1 aromatic heterocycles. The van der Waals surface area contributed by atoms with Crippen molar-refractivity contribution < 1.29 is 14.7 Å². The van der Waals surface area contributed by atoms with Crippen molar-refractivity contribution in [1.82, 2.24) is 24.9 Å². The van der Waals surface area contributed by atoms with Gasteiger partial charge in [-0.25, -0.2) is 0 Å². The Morgan fingerprint density at radius 2 is 2.07 bits per heavy atom. The summed E-state index contributed by atoms with van der Waals surface area (Å²) in [5, 5.41) is 17.8. The van der Waals surface area contributed by atoms with Gasteiger partial charge in [0.05, 0.1) is 12.3 Å². The molecule has 0 aliphatic carbocycles. The third kappa shape index (κ3) is 3.33. The van der Waals surface area contributed by atoms with E-state index >= 15 is 0 Å². The van der Waals surface area contributed by atoms with Gasteiger partial charge in [0, 0.05) is 62.2 Å². The number of hydrogen-bond acceptors (Lipinski definition) is 5. The van der Waals surface area contributed by atoms with Crippen molar-refractivity contribution in [1.29, 1.82) is 0 Å². The van der Waals surface area contributed by atoms with Gasteiger partial charge in [-0.1, -0.05) is 0 Å². The van der Waals surface area contributed by atoms with E-state index < -0.39 is 0 Å². The van der Waals surface area contributed by atoms with Crippen molar-refractivity contribution in [3.63, 3.8) is 0 Å². The van der Waals surface area contributed by atoms with Crippen LogP contribution in [-0.4, -0.2) is 68.2 Å². The number of aliphatic hydroxyl groups is 1. The van der Waals surface area contributed by atoms with Gasteiger partial charge in [0.15, 0.2) is 0 Å². The summed E-state index contributed by atoms with van der Waals surface area (Å²) in [5.41, 5.74) is 2.80. The summed E-state index contributed by atoms with van der Waals surface area (Å²) in [6.07, 6.45) is 4.29. The smallest absolute Gasteiger partial charge is 0.246 e. The number of fused-ring (bicyclic) bond motifs is 5. The number of amides is 2. The van der Waals surface area contributed by atoms with Crippen LogP contribution in [0.2, 0.25) is 0 Å². The highest BCUT2D eigenvalue weighted by Crippen LogP contribution is 2.40. The summed E-state index contributed by atoms with van der Waals surface area (Å²) in [7, 11) is 0. The second kappa shape index (κ2) is 8.48. The second-order valence-electron chi connectivity index (χ2n) is 8.98. The van der Waals surface area contributed by atoms with Gasteiger partial charge in [-0.15, -0.1) is 12.4 Å². The molecule has 4 aliphatic rings. The SMILES string of the molecule is CCn1nc(CO)c2c1CCN(C(=O)[C@H]1[C@@H]3CNC[C@@H](C3)[C@@H]3CCCC(=O)N31)C2.Cl. The molecule has 0 aromatic carbocycles. The van der Waals surface area contributed by atoms with Gasteiger partial charge in [-0.05, 0) is 38.6 Å². The molecular formula is C21H32ClN5O3. The average molecular weight is 438 g/mol. The number of piperidine rings is 3. The lowest BCUT2D eigenvalue weighted by Gasteiger charge is -2.54. The zero-order valence-corrected chi connectivity index (χ0v) is 18.4. The highest BCUT2D eigenvalue weighted by Gasteiger charge is 2.51. The topological polar surface area (TPSA) is 90.7 Å². The van der Waals surface area contributed by atoms with Crippen LogP contribution in [0.15, 0.2) is 0 Å². The van der Waals surface area contributed by atoms with Crippen LogP contribution in [0.25, 0.3) is 0 Å². The molecule has 3 fully saturated rings. The summed E-state index contributed by atoms with van der Waals surface area (Å²) >= 11 is 0. The maximum absolute atomic E-state index is 13.8. The van der Waals surface area contributed by atoms with Crippen LogP contribution in [0.5, 0.6) is 0 Å². The average Bonchev–Trinajstić information content (AvgIpc) is 3.12. The molecular weight excluding hydrogens is 406 g/mol. The van der Waals surface area contributed by atoms with Crippen LogP contribution >= 0.6 is 12.4 Å². The van der Waals surface area contributed by atoms with E-state index in [-0.39, 0.29) is 48.8 Å². The molecule has 5 rings (SSSR count). The van der Waals surface area contributed by atoms with E-state index in [9.17, 15) is 14.7 Å². The van der Waals surface area contributed by atoms with E-state index in [0.29, 0.717) is 31.1 Å². The van der Waals surface area contributed by atoms with Gasteiger partial charge in [-0.3, -0.25) is 14.3 Å². The number of aromatic nitrogens is 2. The van der Waals surface area contributed by atoms with Gasteiger partial charge >= 0.3 is 0 Å². The monoisotopic (exact) mass is 437 g/mol. The fourth-order valence-electron chi connectivity index (χ4n) is 6.16. The Hall–Kier alpha value is -1.64. The molecule has 2 amide bonds. The lowest BCUT2D eigenvalue weighted by molar-refractivity contribution is -0.162. The number of nitrogens with zero attached hydrogens (tertiary/aromatic N) is 4. The van der Waals surface area contributed by atoms with Crippen molar-refractivity contribution in [2.45, 2.75) is 70.8 Å². The minimum absolute atomic E-state index is 0. The third-order valence-corrected chi connectivity index (χ3v) is 7.48. The summed E-state index contributed by atoms with van der Waals surface area (Å²) in [4.78, 5) is 30.5. The molecule has 9 heteroatoms. The first-order chi connectivity index (χ1) is 14.1. The lowest BCUT2D eigenvalue weighted by atomic mass is 9.72. The molecule has 0 radical (unpaired) electrons. The quantitative estimate of drug-likeness (QED) is 0.726. The Kier molecular flexibility index (Phi) is 6.10. The molecule has 2 N–H and O–H groups in total. The number of halogens is 1. The molecule has 30 heavy (non-hydrogen) atoms. The van der Waals surface area contributed by atoms with Crippen molar-refractivity contribution in [3.05, 3.63) is 17.0 Å². The molecule has 0 unspecified atom stereocenters. The zero-order chi connectivity index (χ0) is 20.1. The first-order valence-electron chi connectivity index (χ1n) is 11.1. The first kappa shape index (κ1) is 21.6. The van der Waals surface area contributed by atoms with Gasteiger partial charge in [-0.2, -0.15) is 5.10 Å². The Balaban J connectivity index is 0.00000218. The minimum atomic E-state index is -0.350. The zero-order valence-electron chi connectivity index (χ0n) is 17.5. The van der Waals surface area contributed by atoms with Crippen LogP contribution in [0, 0.1) is 11.8 Å². The molecule has 8 nitrogen and oxygen atoms in total. The predicted molar refractivity (Wildman–Crippen MR) is 113 cm³/mol. The molecule has 1 aromatic rings. The standard InChI is InChI=1S/C21H31N5O3.ClH/c1-2-25-18-6-7-24(11-15(18)16(12-27)23-25)21(29)20-14-8-13(9-22-10-14)17-4-3-5-19(28)26(17)20;/h13-14,17,20,22,27H,2-12H2,1H3;1H/t13-,14+,17+,20-;/m1./s1. The summed E-state index contributed by atoms with van der Waals surface area (Å²) in [5.74, 6) is 0.898. The molecule has 166 valence electrons. The summed E-state index contributed by atoms with van der Waals surface area (Å²) in [6.45, 7) is 5.58. The highest BCUT2D eigenvalue weighted by atomic mass is 35.5. The normalized spacial score (nSPS) is 30.4. The van der Waals surface area contributed by atoms with Crippen LogP contribution in [0.1, 0.15) is 49.6 Å². The van der Waals surface area contributed by atoms with E-state index in [1.165, 1.54) is 0 Å². The predicted octanol–water partition coefficient (Wildman–Crippen LogP) is 0.691. The highest BCUT2D eigenvalue weighted by molar-refractivity contribution is 5.89. The Bertz CT molecular complexity index is 828. The van der Waals surface area contributed by atoms with E-state index in [2.05, 4.69) is 10.4 Å². The number of carbonyl (C=O) groups is 2. The van der Waals surface area contributed by atoms with Crippen LogP contribution < -0.4 is 5.32 Å². The van der Waals surface area contributed by atoms with Gasteiger partial charge in [0.2, 0.25) is 11.8 Å². The summed E-state index contributed by atoms with van der Waals surface area (Å²) < 4.78 is 1.95. The molecule has 3 saturated heterocycles. The van der Waals surface area contributed by atoms with E-state index in [0.717, 1.165) is 56.6 Å². The third-order valence-electron chi connectivity index (χ3n) is 7.48. The Morgan fingerprint density at radius 3 is 2.83 bits per heavy atom. The molecule has 4 atom stereocenters. The van der Waals surface area contributed by atoms with Crippen molar-refractivity contribution in [2.24, 2.45) is 11.8 Å². The number of nitrogens with one attached hydrogen (secondary N) is 1. The number of rotatable bonds is 3. The largest absolute Gasteiger partial charge is 0.390 e. The van der Waals surface area contributed by atoms with Gasteiger partial charge in [0.1, 0.15) is 6.04 Å². The van der Waals surface area contributed by atoms with E-state index in [1.54, 1.807) is 0 Å².